The molecule has 0 saturated heterocycles. The molecule has 3 aromatic carbocycles. The van der Waals surface area contributed by atoms with Crippen molar-refractivity contribution in [2.45, 2.75) is 0 Å². The topological polar surface area (TPSA) is 71.3 Å². The highest BCUT2D eigenvalue weighted by Crippen LogP contribution is 2.32. The van der Waals surface area contributed by atoms with Gasteiger partial charge in [-0.25, -0.2) is 4.39 Å². The summed E-state index contributed by atoms with van der Waals surface area (Å²) >= 11 is 5.96. The van der Waals surface area contributed by atoms with Crippen molar-refractivity contribution in [3.05, 3.63) is 95.0 Å². The molecule has 7 heteroatoms. The van der Waals surface area contributed by atoms with E-state index in [1.165, 1.54) is 24.3 Å². The van der Waals surface area contributed by atoms with Gasteiger partial charge in [0.15, 0.2) is 0 Å². The van der Waals surface area contributed by atoms with Crippen molar-refractivity contribution < 1.29 is 18.4 Å². The van der Waals surface area contributed by atoms with Gasteiger partial charge in [-0.1, -0.05) is 29.8 Å². The molecule has 29 heavy (non-hydrogen) atoms. The molecule has 0 aliphatic heterocycles. The molecular formula is C22H14ClFN2O3. The fourth-order valence-electron chi connectivity index (χ4n) is 2.87. The largest absolute Gasteiger partial charge is 0.449 e. The van der Waals surface area contributed by atoms with Crippen molar-refractivity contribution in [1.82, 2.24) is 0 Å². The fraction of sp³-hybridized carbons (Fsp3) is 0. The van der Waals surface area contributed by atoms with Gasteiger partial charge >= 0.3 is 0 Å². The highest BCUT2D eigenvalue weighted by Gasteiger charge is 2.23. The Labute approximate surface area is 170 Å². The number of para-hydroxylation sites is 1. The summed E-state index contributed by atoms with van der Waals surface area (Å²) in [5.74, 6) is -1.54. The highest BCUT2D eigenvalue weighted by molar-refractivity contribution is 6.31. The van der Waals surface area contributed by atoms with Gasteiger partial charge in [-0.2, -0.15) is 0 Å². The standard InChI is InChI=1S/C22H14ClFN2O3/c23-14-4-3-5-16(12-14)25-22(28)20-19(17-6-1-2-7-18(17)29-20)26-21(27)13-8-10-15(24)11-9-13/h1-12H,(H,25,28)(H,26,27). The molecule has 2 amide bonds. The van der Waals surface area contributed by atoms with Crippen molar-refractivity contribution in [1.29, 1.82) is 0 Å². The predicted octanol–water partition coefficient (Wildman–Crippen LogP) is 5.73. The molecule has 144 valence electrons. The van der Waals surface area contributed by atoms with E-state index in [-0.39, 0.29) is 17.0 Å². The number of carbonyl (C=O) groups is 2. The van der Waals surface area contributed by atoms with Crippen LogP contribution >= 0.6 is 11.6 Å². The summed E-state index contributed by atoms with van der Waals surface area (Å²) in [6.45, 7) is 0. The molecule has 4 rings (SSSR count). The lowest BCUT2D eigenvalue weighted by atomic mass is 10.1. The molecule has 0 bridgehead atoms. The van der Waals surface area contributed by atoms with Crippen molar-refractivity contribution >= 4 is 45.8 Å². The van der Waals surface area contributed by atoms with Gasteiger partial charge in [-0.3, -0.25) is 9.59 Å². The van der Waals surface area contributed by atoms with Crippen LogP contribution in [0.25, 0.3) is 11.0 Å². The average Bonchev–Trinajstić information content (AvgIpc) is 3.07. The molecule has 0 radical (unpaired) electrons. The van der Waals surface area contributed by atoms with Crippen LogP contribution in [0.3, 0.4) is 0 Å². The minimum Gasteiger partial charge on any atom is -0.449 e. The van der Waals surface area contributed by atoms with Crippen LogP contribution in [-0.2, 0) is 0 Å². The Morgan fingerprint density at radius 2 is 1.62 bits per heavy atom. The van der Waals surface area contributed by atoms with E-state index in [0.29, 0.717) is 21.7 Å². The van der Waals surface area contributed by atoms with Gasteiger partial charge in [0.1, 0.15) is 17.1 Å². The number of amides is 2. The number of furan rings is 1. The van der Waals surface area contributed by atoms with Crippen molar-refractivity contribution in [3.8, 4) is 0 Å². The third kappa shape index (κ3) is 3.97. The second-order valence-electron chi connectivity index (χ2n) is 6.23. The summed E-state index contributed by atoms with van der Waals surface area (Å²) in [6, 6.07) is 18.7. The summed E-state index contributed by atoms with van der Waals surface area (Å²) in [4.78, 5) is 25.5. The monoisotopic (exact) mass is 408 g/mol. The van der Waals surface area contributed by atoms with Crippen LogP contribution in [0.4, 0.5) is 15.8 Å². The van der Waals surface area contributed by atoms with Gasteiger partial charge in [0, 0.05) is 21.7 Å². The van der Waals surface area contributed by atoms with Crippen LogP contribution in [0.5, 0.6) is 0 Å². The van der Waals surface area contributed by atoms with Crippen LogP contribution in [0.2, 0.25) is 5.02 Å². The summed E-state index contributed by atoms with van der Waals surface area (Å²) in [6.07, 6.45) is 0. The molecular weight excluding hydrogens is 395 g/mol. The van der Waals surface area contributed by atoms with Gasteiger partial charge < -0.3 is 15.1 Å². The molecule has 0 saturated carbocycles. The zero-order valence-corrected chi connectivity index (χ0v) is 15.7. The van der Waals surface area contributed by atoms with Gasteiger partial charge in [0.25, 0.3) is 11.8 Å². The quantitative estimate of drug-likeness (QED) is 0.453. The number of hydrogen-bond acceptors (Lipinski definition) is 3. The van der Waals surface area contributed by atoms with Crippen LogP contribution < -0.4 is 10.6 Å². The van der Waals surface area contributed by atoms with Crippen LogP contribution in [0, 0.1) is 5.82 Å². The lowest BCUT2D eigenvalue weighted by molar-refractivity contribution is 0.0999. The van der Waals surface area contributed by atoms with Crippen LogP contribution in [0.15, 0.2) is 77.2 Å². The molecule has 0 aliphatic rings. The second kappa shape index (κ2) is 7.77. The number of rotatable bonds is 4. The Hall–Kier alpha value is -3.64. The number of benzene rings is 3. The molecule has 1 aromatic heterocycles. The maximum atomic E-state index is 13.1. The first-order valence-corrected chi connectivity index (χ1v) is 9.04. The lowest BCUT2D eigenvalue weighted by Crippen LogP contribution is -2.17. The minimum absolute atomic E-state index is 0.0540. The fourth-order valence-corrected chi connectivity index (χ4v) is 3.06. The highest BCUT2D eigenvalue weighted by atomic mass is 35.5. The average molecular weight is 409 g/mol. The Kier molecular flexibility index (Phi) is 5.01. The van der Waals surface area contributed by atoms with Crippen LogP contribution in [-0.4, -0.2) is 11.8 Å². The molecule has 0 atom stereocenters. The van der Waals surface area contributed by atoms with E-state index in [9.17, 15) is 14.0 Å². The summed E-state index contributed by atoms with van der Waals surface area (Å²) in [5, 5.41) is 6.45. The van der Waals surface area contributed by atoms with Crippen molar-refractivity contribution in [2.75, 3.05) is 10.6 Å². The summed E-state index contributed by atoms with van der Waals surface area (Å²) in [7, 11) is 0. The summed E-state index contributed by atoms with van der Waals surface area (Å²) in [5.41, 5.74) is 1.41. The van der Waals surface area contributed by atoms with Gasteiger partial charge in [0.05, 0.1) is 0 Å². The molecule has 5 nitrogen and oxygen atoms in total. The maximum absolute atomic E-state index is 13.1. The number of halogens is 2. The third-order valence-corrected chi connectivity index (χ3v) is 4.46. The van der Waals surface area contributed by atoms with E-state index < -0.39 is 17.6 Å². The van der Waals surface area contributed by atoms with Crippen LogP contribution in [0.1, 0.15) is 20.9 Å². The Morgan fingerprint density at radius 3 is 2.38 bits per heavy atom. The molecule has 0 fully saturated rings. The van der Waals surface area contributed by atoms with E-state index >= 15 is 0 Å². The SMILES string of the molecule is O=C(Nc1c(C(=O)Nc2cccc(Cl)c2)oc2ccccc12)c1ccc(F)cc1. The van der Waals surface area contributed by atoms with Gasteiger partial charge in [0.2, 0.25) is 5.76 Å². The van der Waals surface area contributed by atoms with E-state index in [4.69, 9.17) is 16.0 Å². The first kappa shape index (κ1) is 18.7. The number of hydrogen-bond donors (Lipinski definition) is 2. The zero-order chi connectivity index (χ0) is 20.4. The normalized spacial score (nSPS) is 10.7. The van der Waals surface area contributed by atoms with Gasteiger partial charge in [-0.15, -0.1) is 0 Å². The first-order chi connectivity index (χ1) is 14.0. The first-order valence-electron chi connectivity index (χ1n) is 8.66. The molecule has 1 heterocycles. The van der Waals surface area contributed by atoms with Crippen molar-refractivity contribution in [3.63, 3.8) is 0 Å². The lowest BCUT2D eigenvalue weighted by Gasteiger charge is -2.08. The van der Waals surface area contributed by atoms with E-state index in [2.05, 4.69) is 10.6 Å². The smallest absolute Gasteiger partial charge is 0.293 e. The Morgan fingerprint density at radius 1 is 0.862 bits per heavy atom. The predicted molar refractivity (Wildman–Crippen MR) is 110 cm³/mol. The molecule has 0 spiro atoms. The zero-order valence-electron chi connectivity index (χ0n) is 14.9. The molecule has 0 aliphatic carbocycles. The van der Waals surface area contributed by atoms with Gasteiger partial charge in [-0.05, 0) is 54.6 Å². The van der Waals surface area contributed by atoms with E-state index in [0.717, 1.165) is 0 Å². The number of anilines is 2. The maximum Gasteiger partial charge on any atom is 0.293 e. The Bertz CT molecular complexity index is 1220. The minimum atomic E-state index is -0.544. The third-order valence-electron chi connectivity index (χ3n) is 4.23. The van der Waals surface area contributed by atoms with E-state index in [1.54, 1.807) is 48.5 Å². The molecule has 0 unspecified atom stereocenters. The molecule has 4 aromatic rings. The van der Waals surface area contributed by atoms with Crippen molar-refractivity contribution in [2.24, 2.45) is 0 Å². The molecule has 2 N–H and O–H groups in total. The van der Waals surface area contributed by atoms with E-state index in [1.807, 2.05) is 0 Å². The number of fused-ring (bicyclic) bond motifs is 1. The summed E-state index contributed by atoms with van der Waals surface area (Å²) < 4.78 is 18.8. The Balaban J connectivity index is 1.69. The second-order valence-corrected chi connectivity index (χ2v) is 6.66. The number of nitrogens with one attached hydrogen (secondary N) is 2. The number of carbonyl (C=O) groups excluding carboxylic acids is 2.